The Morgan fingerprint density at radius 3 is 2.24 bits per heavy atom. The van der Waals surface area contributed by atoms with Crippen molar-refractivity contribution in [3.63, 3.8) is 0 Å². The molecule has 0 aromatic heterocycles. The second-order valence-electron chi connectivity index (χ2n) is 4.60. The van der Waals surface area contributed by atoms with Crippen LogP contribution in [-0.2, 0) is 0 Å². The lowest BCUT2D eigenvalue weighted by molar-refractivity contribution is 0.192. The van der Waals surface area contributed by atoms with Gasteiger partial charge in [-0.2, -0.15) is 0 Å². The van der Waals surface area contributed by atoms with Crippen molar-refractivity contribution in [1.82, 2.24) is 0 Å². The van der Waals surface area contributed by atoms with E-state index in [4.69, 9.17) is 14.2 Å². The lowest BCUT2D eigenvalue weighted by atomic mass is 10.1. The van der Waals surface area contributed by atoms with Crippen LogP contribution < -0.4 is 14.2 Å². The average Bonchev–Trinajstić information content (AvgIpc) is 2.53. The summed E-state index contributed by atoms with van der Waals surface area (Å²) in [6, 6.07) is 12.8. The van der Waals surface area contributed by atoms with Crippen molar-refractivity contribution < 1.29 is 19.3 Å². The molecular weight excluding hydrogens is 268 g/mol. The fourth-order valence-electron chi connectivity index (χ4n) is 2.15. The first-order chi connectivity index (χ1) is 10.2. The molecule has 0 radical (unpaired) electrons. The number of phenols is 1. The van der Waals surface area contributed by atoms with Crippen molar-refractivity contribution in [3.8, 4) is 23.0 Å². The van der Waals surface area contributed by atoms with Gasteiger partial charge in [-0.25, -0.2) is 0 Å². The van der Waals surface area contributed by atoms with Gasteiger partial charge < -0.3 is 19.3 Å². The van der Waals surface area contributed by atoms with Gasteiger partial charge in [0.15, 0.2) is 23.0 Å². The Hall–Kier alpha value is -2.36. The number of para-hydroxylation sites is 2. The number of hydrogen-bond acceptors (Lipinski definition) is 4. The van der Waals surface area contributed by atoms with E-state index in [2.05, 4.69) is 0 Å². The molecule has 1 N–H and O–H groups in total. The first-order valence-corrected chi connectivity index (χ1v) is 6.86. The standard InChI is InChI=1S/C17H20O4/c1-4-14(12-9-10-13(18)17(11-12)20-3)21-16-8-6-5-7-15(16)19-2/h5-11,14,18H,4H2,1-3H3. The molecule has 4 heteroatoms. The third-order valence-corrected chi connectivity index (χ3v) is 3.28. The number of aromatic hydroxyl groups is 1. The van der Waals surface area contributed by atoms with E-state index < -0.39 is 0 Å². The lowest BCUT2D eigenvalue weighted by Gasteiger charge is -2.20. The van der Waals surface area contributed by atoms with Crippen LogP contribution in [0.5, 0.6) is 23.0 Å². The molecule has 0 spiro atoms. The summed E-state index contributed by atoms with van der Waals surface area (Å²) in [4.78, 5) is 0. The first-order valence-electron chi connectivity index (χ1n) is 6.86. The summed E-state index contributed by atoms with van der Waals surface area (Å²) in [6.45, 7) is 2.04. The van der Waals surface area contributed by atoms with E-state index in [9.17, 15) is 5.11 Å². The van der Waals surface area contributed by atoms with Crippen LogP contribution in [0.1, 0.15) is 25.0 Å². The predicted octanol–water partition coefficient (Wildman–Crippen LogP) is 3.94. The molecule has 0 heterocycles. The molecule has 2 aromatic carbocycles. The predicted molar refractivity (Wildman–Crippen MR) is 81.3 cm³/mol. The van der Waals surface area contributed by atoms with Crippen LogP contribution in [-0.4, -0.2) is 19.3 Å². The Kier molecular flexibility index (Phi) is 4.93. The van der Waals surface area contributed by atoms with Crippen molar-refractivity contribution in [2.45, 2.75) is 19.4 Å². The number of hydrogen-bond donors (Lipinski definition) is 1. The molecule has 4 nitrogen and oxygen atoms in total. The minimum Gasteiger partial charge on any atom is -0.504 e. The van der Waals surface area contributed by atoms with Crippen LogP contribution in [0.2, 0.25) is 0 Å². The topological polar surface area (TPSA) is 47.9 Å². The van der Waals surface area contributed by atoms with Crippen molar-refractivity contribution in [1.29, 1.82) is 0 Å². The van der Waals surface area contributed by atoms with E-state index in [-0.39, 0.29) is 11.9 Å². The quantitative estimate of drug-likeness (QED) is 0.874. The molecule has 0 fully saturated rings. The van der Waals surface area contributed by atoms with E-state index in [1.807, 2.05) is 37.3 Å². The summed E-state index contributed by atoms with van der Waals surface area (Å²) in [5.41, 5.74) is 0.943. The summed E-state index contributed by atoms with van der Waals surface area (Å²) in [5, 5.41) is 9.68. The van der Waals surface area contributed by atoms with E-state index in [1.165, 1.54) is 7.11 Å². The van der Waals surface area contributed by atoms with Gasteiger partial charge in [0.25, 0.3) is 0 Å². The summed E-state index contributed by atoms with van der Waals surface area (Å²) in [7, 11) is 3.15. The average molecular weight is 288 g/mol. The smallest absolute Gasteiger partial charge is 0.162 e. The highest BCUT2D eigenvalue weighted by molar-refractivity contribution is 5.44. The van der Waals surface area contributed by atoms with Gasteiger partial charge in [0.2, 0.25) is 0 Å². The Morgan fingerprint density at radius 2 is 1.62 bits per heavy atom. The summed E-state index contributed by atoms with van der Waals surface area (Å²) in [6.07, 6.45) is 0.641. The van der Waals surface area contributed by atoms with Gasteiger partial charge in [-0.1, -0.05) is 25.1 Å². The van der Waals surface area contributed by atoms with E-state index in [0.717, 1.165) is 12.0 Å². The summed E-state index contributed by atoms with van der Waals surface area (Å²) in [5.74, 6) is 1.95. The molecule has 0 aliphatic carbocycles. The van der Waals surface area contributed by atoms with Crippen LogP contribution in [0, 0.1) is 0 Å². The highest BCUT2D eigenvalue weighted by atomic mass is 16.5. The molecule has 1 unspecified atom stereocenters. The zero-order valence-corrected chi connectivity index (χ0v) is 12.5. The Bertz CT molecular complexity index is 595. The first kappa shape index (κ1) is 15.0. The number of phenolic OH excluding ortho intramolecular Hbond substituents is 1. The number of rotatable bonds is 6. The van der Waals surface area contributed by atoms with Crippen molar-refractivity contribution in [2.75, 3.05) is 14.2 Å². The number of ether oxygens (including phenoxy) is 3. The molecule has 2 rings (SSSR count). The maximum absolute atomic E-state index is 9.68. The zero-order valence-electron chi connectivity index (χ0n) is 12.5. The van der Waals surface area contributed by atoms with Gasteiger partial charge in [0.05, 0.1) is 14.2 Å². The van der Waals surface area contributed by atoms with Gasteiger partial charge in [0.1, 0.15) is 6.10 Å². The molecule has 0 saturated heterocycles. The van der Waals surface area contributed by atoms with Gasteiger partial charge in [-0.05, 0) is 36.2 Å². The Morgan fingerprint density at radius 1 is 0.952 bits per heavy atom. The molecule has 0 aliphatic rings. The third-order valence-electron chi connectivity index (χ3n) is 3.28. The minimum atomic E-state index is -0.143. The minimum absolute atomic E-state index is 0.119. The number of benzene rings is 2. The molecule has 1 atom stereocenters. The molecule has 2 aromatic rings. The summed E-state index contributed by atoms with van der Waals surface area (Å²) >= 11 is 0. The van der Waals surface area contributed by atoms with Gasteiger partial charge in [0, 0.05) is 0 Å². The Balaban J connectivity index is 2.27. The molecule has 0 aliphatic heterocycles. The second kappa shape index (κ2) is 6.88. The van der Waals surface area contributed by atoms with Gasteiger partial charge >= 0.3 is 0 Å². The molecule has 0 amide bonds. The van der Waals surface area contributed by atoms with Gasteiger partial charge in [-0.3, -0.25) is 0 Å². The zero-order chi connectivity index (χ0) is 15.2. The van der Waals surface area contributed by atoms with Crippen LogP contribution in [0.4, 0.5) is 0 Å². The van der Waals surface area contributed by atoms with Crippen LogP contribution in [0.25, 0.3) is 0 Å². The molecule has 112 valence electrons. The third kappa shape index (κ3) is 3.40. The summed E-state index contributed by atoms with van der Waals surface area (Å²) < 4.78 is 16.5. The second-order valence-corrected chi connectivity index (χ2v) is 4.60. The largest absolute Gasteiger partial charge is 0.504 e. The highest BCUT2D eigenvalue weighted by Gasteiger charge is 2.15. The monoisotopic (exact) mass is 288 g/mol. The molecule has 21 heavy (non-hydrogen) atoms. The van der Waals surface area contributed by atoms with Crippen LogP contribution in [0.3, 0.4) is 0 Å². The normalized spacial score (nSPS) is 11.8. The van der Waals surface area contributed by atoms with Crippen molar-refractivity contribution in [3.05, 3.63) is 48.0 Å². The lowest BCUT2D eigenvalue weighted by Crippen LogP contribution is -2.07. The van der Waals surface area contributed by atoms with Crippen LogP contribution >= 0.6 is 0 Å². The van der Waals surface area contributed by atoms with Crippen molar-refractivity contribution in [2.24, 2.45) is 0 Å². The molecule has 0 saturated carbocycles. The van der Waals surface area contributed by atoms with E-state index in [1.54, 1.807) is 19.2 Å². The molecular formula is C17H20O4. The SMILES string of the molecule is CCC(Oc1ccccc1OC)c1ccc(O)c(OC)c1. The van der Waals surface area contributed by atoms with Crippen molar-refractivity contribution >= 4 is 0 Å². The Labute approximate surface area is 124 Å². The van der Waals surface area contributed by atoms with Crippen LogP contribution in [0.15, 0.2) is 42.5 Å². The van der Waals surface area contributed by atoms with E-state index >= 15 is 0 Å². The fourth-order valence-corrected chi connectivity index (χ4v) is 2.15. The maximum Gasteiger partial charge on any atom is 0.162 e. The van der Waals surface area contributed by atoms with Gasteiger partial charge in [-0.15, -0.1) is 0 Å². The van der Waals surface area contributed by atoms with E-state index in [0.29, 0.717) is 17.2 Å². The highest BCUT2D eigenvalue weighted by Crippen LogP contribution is 2.35. The molecule has 0 bridgehead atoms. The number of methoxy groups -OCH3 is 2. The maximum atomic E-state index is 9.68. The fraction of sp³-hybridized carbons (Fsp3) is 0.294.